The molecule has 1 aromatic carbocycles. The van der Waals surface area contributed by atoms with Crippen molar-refractivity contribution in [3.8, 4) is 0 Å². The molecule has 0 amide bonds. The third-order valence-corrected chi connectivity index (χ3v) is 4.38. The number of carbonyl (C=O) groups is 5. The standard InChI is InChI=1S/C23H26O11/c1-13(24)30-20-18(12-29-19(28)11-10-17-8-6-5-7-9-17)34-23(33-16(4)27)22(32-15(3)26)21(20)31-14(2)25/h5-11,18,20-23H,12H2,1-4H3/b11-10+/t18-,20-,21+,22-,23-/m1/s1. The van der Waals surface area contributed by atoms with E-state index in [9.17, 15) is 24.0 Å². The molecule has 1 fully saturated rings. The molecule has 0 radical (unpaired) electrons. The molecule has 0 N–H and O–H groups in total. The number of benzene rings is 1. The van der Waals surface area contributed by atoms with Crippen LogP contribution in [0.15, 0.2) is 36.4 Å². The van der Waals surface area contributed by atoms with Gasteiger partial charge in [-0.2, -0.15) is 0 Å². The van der Waals surface area contributed by atoms with Gasteiger partial charge < -0.3 is 28.4 Å². The number of rotatable bonds is 8. The molecule has 1 heterocycles. The zero-order chi connectivity index (χ0) is 25.3. The lowest BCUT2D eigenvalue weighted by molar-refractivity contribution is -0.300. The summed E-state index contributed by atoms with van der Waals surface area (Å²) < 4.78 is 31.6. The van der Waals surface area contributed by atoms with Crippen LogP contribution in [0.3, 0.4) is 0 Å². The lowest BCUT2D eigenvalue weighted by Gasteiger charge is -2.43. The summed E-state index contributed by atoms with van der Waals surface area (Å²) in [4.78, 5) is 58.9. The van der Waals surface area contributed by atoms with Crippen LogP contribution in [0.25, 0.3) is 6.08 Å². The van der Waals surface area contributed by atoms with E-state index in [2.05, 4.69) is 0 Å². The second kappa shape index (κ2) is 12.5. The second-order valence-corrected chi connectivity index (χ2v) is 7.25. The highest BCUT2D eigenvalue weighted by Gasteiger charge is 2.53. The minimum absolute atomic E-state index is 0.460. The Morgan fingerprint density at radius 3 is 1.85 bits per heavy atom. The van der Waals surface area contributed by atoms with Gasteiger partial charge in [-0.1, -0.05) is 30.3 Å². The molecule has 5 atom stereocenters. The van der Waals surface area contributed by atoms with Crippen molar-refractivity contribution in [1.82, 2.24) is 0 Å². The first kappa shape index (κ1) is 26.5. The van der Waals surface area contributed by atoms with E-state index in [0.717, 1.165) is 33.3 Å². The van der Waals surface area contributed by atoms with E-state index < -0.39 is 67.2 Å². The minimum atomic E-state index is -1.53. The molecule has 1 saturated heterocycles. The van der Waals surface area contributed by atoms with Crippen LogP contribution >= 0.6 is 0 Å². The minimum Gasteiger partial charge on any atom is -0.460 e. The highest BCUT2D eigenvalue weighted by atomic mass is 16.7. The molecule has 0 aromatic heterocycles. The highest BCUT2D eigenvalue weighted by Crippen LogP contribution is 2.30. The monoisotopic (exact) mass is 478 g/mol. The molecule has 34 heavy (non-hydrogen) atoms. The fraction of sp³-hybridized carbons (Fsp3) is 0.435. The van der Waals surface area contributed by atoms with Crippen molar-refractivity contribution in [3.05, 3.63) is 42.0 Å². The van der Waals surface area contributed by atoms with Crippen LogP contribution in [0, 0.1) is 0 Å². The molecular weight excluding hydrogens is 452 g/mol. The molecule has 1 aliphatic rings. The van der Waals surface area contributed by atoms with Crippen molar-refractivity contribution in [2.24, 2.45) is 0 Å². The van der Waals surface area contributed by atoms with Crippen molar-refractivity contribution in [3.63, 3.8) is 0 Å². The Morgan fingerprint density at radius 1 is 0.765 bits per heavy atom. The predicted octanol–water partition coefficient (Wildman–Crippen LogP) is 1.33. The number of hydrogen-bond donors (Lipinski definition) is 0. The Morgan fingerprint density at radius 2 is 1.29 bits per heavy atom. The Bertz CT molecular complexity index is 924. The second-order valence-electron chi connectivity index (χ2n) is 7.25. The molecule has 1 aromatic rings. The first-order valence-electron chi connectivity index (χ1n) is 10.3. The molecule has 0 saturated carbocycles. The van der Waals surface area contributed by atoms with Gasteiger partial charge in [-0.25, -0.2) is 4.79 Å². The third kappa shape index (κ3) is 8.32. The summed E-state index contributed by atoms with van der Waals surface area (Å²) in [7, 11) is 0. The zero-order valence-corrected chi connectivity index (χ0v) is 19.1. The van der Waals surface area contributed by atoms with Crippen molar-refractivity contribution in [2.75, 3.05) is 6.61 Å². The maximum absolute atomic E-state index is 12.2. The smallest absolute Gasteiger partial charge is 0.330 e. The zero-order valence-electron chi connectivity index (χ0n) is 19.1. The lowest BCUT2D eigenvalue weighted by atomic mass is 9.98. The molecule has 0 aliphatic carbocycles. The van der Waals surface area contributed by atoms with Gasteiger partial charge in [0.15, 0.2) is 12.2 Å². The van der Waals surface area contributed by atoms with E-state index in [0.29, 0.717) is 0 Å². The molecule has 11 heteroatoms. The lowest BCUT2D eigenvalue weighted by Crippen LogP contribution is -2.63. The molecule has 2 rings (SSSR count). The van der Waals surface area contributed by atoms with E-state index in [1.54, 1.807) is 24.3 Å². The van der Waals surface area contributed by atoms with Crippen molar-refractivity contribution in [1.29, 1.82) is 0 Å². The fourth-order valence-corrected chi connectivity index (χ4v) is 3.19. The van der Waals surface area contributed by atoms with Gasteiger partial charge >= 0.3 is 29.8 Å². The summed E-state index contributed by atoms with van der Waals surface area (Å²) in [6, 6.07) is 9.00. The first-order chi connectivity index (χ1) is 16.1. The van der Waals surface area contributed by atoms with Gasteiger partial charge in [-0.15, -0.1) is 0 Å². The van der Waals surface area contributed by atoms with Gasteiger partial charge in [0.1, 0.15) is 12.7 Å². The van der Waals surface area contributed by atoms with E-state index >= 15 is 0 Å². The van der Waals surface area contributed by atoms with E-state index in [1.807, 2.05) is 6.07 Å². The van der Waals surface area contributed by atoms with Crippen LogP contribution in [-0.4, -0.2) is 67.2 Å². The molecule has 11 nitrogen and oxygen atoms in total. The van der Waals surface area contributed by atoms with Gasteiger partial charge in [0.2, 0.25) is 12.4 Å². The maximum atomic E-state index is 12.2. The van der Waals surface area contributed by atoms with Crippen LogP contribution in [0.1, 0.15) is 33.3 Å². The number of esters is 5. The van der Waals surface area contributed by atoms with Gasteiger partial charge in [0, 0.05) is 33.8 Å². The Labute approximate surface area is 195 Å². The summed E-state index contributed by atoms with van der Waals surface area (Å²) in [6.07, 6.45) is -4.23. The molecule has 184 valence electrons. The van der Waals surface area contributed by atoms with E-state index in [1.165, 1.54) is 12.2 Å². The number of carbonyl (C=O) groups excluding carboxylic acids is 5. The summed E-state index contributed by atoms with van der Waals surface area (Å²) in [5.74, 6) is -3.86. The number of ether oxygens (including phenoxy) is 6. The molecule has 0 bridgehead atoms. The van der Waals surface area contributed by atoms with Crippen LogP contribution in [-0.2, 0) is 52.4 Å². The molecular formula is C23H26O11. The third-order valence-electron chi connectivity index (χ3n) is 4.38. The average molecular weight is 478 g/mol. The topological polar surface area (TPSA) is 141 Å². The Kier molecular flexibility index (Phi) is 9.75. The van der Waals surface area contributed by atoms with Gasteiger partial charge in [-0.05, 0) is 11.6 Å². The van der Waals surface area contributed by atoms with Crippen LogP contribution in [0.5, 0.6) is 0 Å². The normalized spacial score (nSPS) is 24.1. The maximum Gasteiger partial charge on any atom is 0.330 e. The van der Waals surface area contributed by atoms with Crippen molar-refractivity contribution < 1.29 is 52.4 Å². The Balaban J connectivity index is 2.27. The van der Waals surface area contributed by atoms with Crippen LogP contribution in [0.4, 0.5) is 0 Å². The summed E-state index contributed by atoms with van der Waals surface area (Å²) in [6.45, 7) is 3.92. The van der Waals surface area contributed by atoms with Crippen molar-refractivity contribution >= 4 is 35.9 Å². The fourth-order valence-electron chi connectivity index (χ4n) is 3.19. The highest BCUT2D eigenvalue weighted by molar-refractivity contribution is 5.87. The molecule has 0 unspecified atom stereocenters. The first-order valence-corrected chi connectivity index (χ1v) is 10.3. The van der Waals surface area contributed by atoms with Crippen LogP contribution < -0.4 is 0 Å². The summed E-state index contributed by atoms with van der Waals surface area (Å²) >= 11 is 0. The van der Waals surface area contributed by atoms with Crippen LogP contribution in [0.2, 0.25) is 0 Å². The quantitative estimate of drug-likeness (QED) is 0.303. The van der Waals surface area contributed by atoms with Gasteiger partial charge in [0.25, 0.3) is 0 Å². The summed E-state index contributed by atoms with van der Waals surface area (Å²) in [5, 5.41) is 0. The largest absolute Gasteiger partial charge is 0.460 e. The number of hydrogen-bond acceptors (Lipinski definition) is 11. The van der Waals surface area contributed by atoms with Gasteiger partial charge in [-0.3, -0.25) is 19.2 Å². The Hall–Kier alpha value is -3.73. The summed E-state index contributed by atoms with van der Waals surface area (Å²) in [5.41, 5.74) is 0.764. The van der Waals surface area contributed by atoms with Crippen molar-refractivity contribution in [2.45, 2.75) is 58.4 Å². The average Bonchev–Trinajstić information content (AvgIpc) is 2.74. The molecule has 1 aliphatic heterocycles. The van der Waals surface area contributed by atoms with E-state index in [4.69, 9.17) is 28.4 Å². The SMILES string of the molecule is CC(=O)O[C@@H]1O[C@H](COC(=O)/C=C/c2ccccc2)[C@@H](OC(C)=O)[C@H](OC(C)=O)[C@H]1OC(C)=O. The predicted molar refractivity (Wildman–Crippen MR) is 114 cm³/mol. The van der Waals surface area contributed by atoms with Gasteiger partial charge in [0.05, 0.1) is 0 Å². The van der Waals surface area contributed by atoms with E-state index in [-0.39, 0.29) is 0 Å². The molecule has 0 spiro atoms.